The molecule has 130 valence electrons. The number of hydrogen-bond acceptors (Lipinski definition) is 4. The molecular weight excluding hydrogens is 318 g/mol. The van der Waals surface area contributed by atoms with Crippen LogP contribution in [-0.4, -0.2) is 37.0 Å². The average Bonchev–Trinajstić information content (AvgIpc) is 3.04. The molecule has 0 aliphatic carbocycles. The normalized spacial score (nSPS) is 11.8. The van der Waals surface area contributed by atoms with Crippen LogP contribution in [0.3, 0.4) is 0 Å². The van der Waals surface area contributed by atoms with E-state index in [1.165, 1.54) is 16.0 Å². The zero-order chi connectivity index (χ0) is 17.4. The summed E-state index contributed by atoms with van der Waals surface area (Å²) in [6.07, 6.45) is 2.99. The van der Waals surface area contributed by atoms with Crippen LogP contribution in [-0.2, 0) is 26.1 Å². The fraction of sp³-hybridized carbons (Fsp3) is 0.444. The van der Waals surface area contributed by atoms with Gasteiger partial charge in [-0.3, -0.25) is 4.99 Å². The van der Waals surface area contributed by atoms with E-state index in [0.717, 1.165) is 30.5 Å². The lowest BCUT2D eigenvalue weighted by molar-refractivity contribution is 0.400. The zero-order valence-corrected chi connectivity index (χ0v) is 15.8. The first-order valence-electron chi connectivity index (χ1n) is 8.22. The third kappa shape index (κ3) is 5.62. The van der Waals surface area contributed by atoms with Crippen LogP contribution in [0.5, 0.6) is 0 Å². The Morgan fingerprint density at radius 2 is 1.88 bits per heavy atom. The van der Waals surface area contributed by atoms with Gasteiger partial charge in [-0.15, -0.1) is 11.3 Å². The van der Waals surface area contributed by atoms with Gasteiger partial charge >= 0.3 is 0 Å². The monoisotopic (exact) mass is 345 g/mol. The van der Waals surface area contributed by atoms with Crippen LogP contribution < -0.4 is 10.6 Å². The standard InChI is InChI=1S/C18H27N5S/c1-5-16-11-20-17(24-16)12-22-18(19-2)21-10-14-8-6-7-9-15(14)13-23(3)4/h6-9,11H,5,10,12-13H2,1-4H3,(H2,19,21,22). The quantitative estimate of drug-likeness (QED) is 0.598. The van der Waals surface area contributed by atoms with Gasteiger partial charge in [-0.1, -0.05) is 31.2 Å². The molecular formula is C18H27N5S. The number of nitrogens with one attached hydrogen (secondary N) is 2. The molecule has 2 aromatic rings. The van der Waals surface area contributed by atoms with Gasteiger partial charge in [-0.2, -0.15) is 0 Å². The predicted molar refractivity (Wildman–Crippen MR) is 102 cm³/mol. The Bertz CT molecular complexity index is 663. The van der Waals surface area contributed by atoms with Crippen molar-refractivity contribution in [1.82, 2.24) is 20.5 Å². The molecule has 0 amide bonds. The summed E-state index contributed by atoms with van der Waals surface area (Å²) in [5, 5.41) is 7.80. The molecule has 0 saturated heterocycles. The van der Waals surface area contributed by atoms with Crippen molar-refractivity contribution in [2.24, 2.45) is 4.99 Å². The van der Waals surface area contributed by atoms with Crippen LogP contribution in [0.2, 0.25) is 0 Å². The Kier molecular flexibility index (Phi) is 7.21. The van der Waals surface area contributed by atoms with Gasteiger partial charge in [0.15, 0.2) is 5.96 Å². The first-order chi connectivity index (χ1) is 11.6. The van der Waals surface area contributed by atoms with E-state index < -0.39 is 0 Å². The first-order valence-corrected chi connectivity index (χ1v) is 9.03. The van der Waals surface area contributed by atoms with E-state index >= 15 is 0 Å². The molecule has 1 aromatic carbocycles. The van der Waals surface area contributed by atoms with Gasteiger partial charge in [0.1, 0.15) is 5.01 Å². The van der Waals surface area contributed by atoms with Crippen molar-refractivity contribution in [2.75, 3.05) is 21.1 Å². The Morgan fingerprint density at radius 1 is 1.17 bits per heavy atom. The molecule has 0 fully saturated rings. The lowest BCUT2D eigenvalue weighted by Crippen LogP contribution is -2.36. The van der Waals surface area contributed by atoms with E-state index in [1.807, 2.05) is 6.20 Å². The maximum absolute atomic E-state index is 4.43. The highest BCUT2D eigenvalue weighted by molar-refractivity contribution is 7.11. The molecule has 0 unspecified atom stereocenters. The van der Waals surface area contributed by atoms with E-state index in [2.05, 4.69) is 70.8 Å². The Labute approximate surface area is 148 Å². The highest BCUT2D eigenvalue weighted by Crippen LogP contribution is 2.13. The summed E-state index contributed by atoms with van der Waals surface area (Å²) in [5.41, 5.74) is 2.62. The molecule has 2 N–H and O–H groups in total. The molecule has 6 heteroatoms. The average molecular weight is 346 g/mol. The zero-order valence-electron chi connectivity index (χ0n) is 15.0. The fourth-order valence-electron chi connectivity index (χ4n) is 2.38. The second-order valence-electron chi connectivity index (χ2n) is 5.86. The molecule has 0 radical (unpaired) electrons. The fourth-order valence-corrected chi connectivity index (χ4v) is 3.18. The van der Waals surface area contributed by atoms with Crippen molar-refractivity contribution >= 4 is 17.3 Å². The number of benzene rings is 1. The number of aliphatic imine (C=N–C) groups is 1. The Morgan fingerprint density at radius 3 is 2.50 bits per heavy atom. The molecule has 0 aliphatic rings. The molecule has 0 aliphatic heterocycles. The summed E-state index contributed by atoms with van der Waals surface area (Å²) in [5.74, 6) is 0.794. The van der Waals surface area contributed by atoms with Crippen LogP contribution >= 0.6 is 11.3 Å². The number of guanidine groups is 1. The van der Waals surface area contributed by atoms with E-state index in [1.54, 1.807) is 18.4 Å². The summed E-state index contributed by atoms with van der Waals surface area (Å²) >= 11 is 1.75. The third-order valence-corrected chi connectivity index (χ3v) is 4.77. The lowest BCUT2D eigenvalue weighted by Gasteiger charge is -2.16. The summed E-state index contributed by atoms with van der Waals surface area (Å²) in [6.45, 7) is 4.53. The molecule has 1 heterocycles. The van der Waals surface area contributed by atoms with Crippen LogP contribution in [0.25, 0.3) is 0 Å². The van der Waals surface area contributed by atoms with Crippen LogP contribution in [0.4, 0.5) is 0 Å². The predicted octanol–water partition coefficient (Wildman–Crippen LogP) is 2.63. The minimum absolute atomic E-state index is 0.698. The maximum Gasteiger partial charge on any atom is 0.191 e. The molecule has 0 saturated carbocycles. The summed E-state index contributed by atoms with van der Waals surface area (Å²) in [6, 6.07) is 8.50. The van der Waals surface area contributed by atoms with Crippen molar-refractivity contribution in [3.8, 4) is 0 Å². The van der Waals surface area contributed by atoms with Gasteiger partial charge < -0.3 is 15.5 Å². The van der Waals surface area contributed by atoms with Gasteiger partial charge in [0.05, 0.1) is 6.54 Å². The van der Waals surface area contributed by atoms with Crippen LogP contribution in [0, 0.1) is 0 Å². The van der Waals surface area contributed by atoms with Crippen LogP contribution in [0.15, 0.2) is 35.5 Å². The topological polar surface area (TPSA) is 52.6 Å². The SMILES string of the molecule is CCc1cnc(CNC(=NC)NCc2ccccc2CN(C)C)s1. The number of rotatable bonds is 7. The maximum atomic E-state index is 4.43. The summed E-state index contributed by atoms with van der Waals surface area (Å²) in [4.78, 5) is 12.2. The molecule has 0 spiro atoms. The third-order valence-electron chi connectivity index (χ3n) is 3.63. The largest absolute Gasteiger partial charge is 0.352 e. The number of nitrogens with zero attached hydrogens (tertiary/aromatic N) is 3. The molecule has 24 heavy (non-hydrogen) atoms. The summed E-state index contributed by atoms with van der Waals surface area (Å²) < 4.78 is 0. The number of aromatic nitrogens is 1. The first kappa shape index (κ1) is 18.4. The van der Waals surface area contributed by atoms with Crippen molar-refractivity contribution in [3.05, 3.63) is 51.5 Å². The van der Waals surface area contributed by atoms with Crippen molar-refractivity contribution < 1.29 is 0 Å². The molecule has 2 rings (SSSR count). The van der Waals surface area contributed by atoms with E-state index in [9.17, 15) is 0 Å². The number of hydrogen-bond donors (Lipinski definition) is 2. The van der Waals surface area contributed by atoms with Gasteiger partial charge in [-0.05, 0) is 31.6 Å². The highest BCUT2D eigenvalue weighted by Gasteiger charge is 2.06. The van der Waals surface area contributed by atoms with E-state index in [-0.39, 0.29) is 0 Å². The van der Waals surface area contributed by atoms with Crippen molar-refractivity contribution in [2.45, 2.75) is 33.0 Å². The second kappa shape index (κ2) is 9.39. The Balaban J connectivity index is 1.89. The minimum atomic E-state index is 0.698. The lowest BCUT2D eigenvalue weighted by atomic mass is 10.1. The van der Waals surface area contributed by atoms with Gasteiger partial charge in [0.2, 0.25) is 0 Å². The summed E-state index contributed by atoms with van der Waals surface area (Å²) in [7, 11) is 5.97. The second-order valence-corrected chi connectivity index (χ2v) is 7.06. The van der Waals surface area contributed by atoms with Crippen LogP contribution in [0.1, 0.15) is 27.9 Å². The van der Waals surface area contributed by atoms with E-state index in [0.29, 0.717) is 6.54 Å². The van der Waals surface area contributed by atoms with Gasteiger partial charge in [0.25, 0.3) is 0 Å². The van der Waals surface area contributed by atoms with Crippen molar-refractivity contribution in [3.63, 3.8) is 0 Å². The van der Waals surface area contributed by atoms with Gasteiger partial charge in [0, 0.05) is 31.2 Å². The molecule has 5 nitrogen and oxygen atoms in total. The smallest absolute Gasteiger partial charge is 0.191 e. The molecule has 1 aromatic heterocycles. The van der Waals surface area contributed by atoms with Crippen molar-refractivity contribution in [1.29, 1.82) is 0 Å². The number of aryl methyl sites for hydroxylation is 1. The van der Waals surface area contributed by atoms with E-state index in [4.69, 9.17) is 0 Å². The molecule has 0 atom stereocenters. The van der Waals surface area contributed by atoms with Gasteiger partial charge in [-0.25, -0.2) is 4.98 Å². The number of thiazole rings is 1. The Hall–Kier alpha value is -1.92. The minimum Gasteiger partial charge on any atom is -0.352 e. The highest BCUT2D eigenvalue weighted by atomic mass is 32.1. The molecule has 0 bridgehead atoms.